The van der Waals surface area contributed by atoms with Gasteiger partial charge in [0, 0.05) is 0 Å². The van der Waals surface area contributed by atoms with Gasteiger partial charge in [0.15, 0.2) is 0 Å². The molecule has 0 N–H and O–H groups in total. The third kappa shape index (κ3) is 2.97. The van der Waals surface area contributed by atoms with Crippen molar-refractivity contribution in [1.82, 2.24) is 0 Å². The smallest absolute Gasteiger partial charge is 0.347 e. The molecule has 0 spiro atoms. The van der Waals surface area contributed by atoms with Crippen molar-refractivity contribution in [3.05, 3.63) is 84.4 Å². The summed E-state index contributed by atoms with van der Waals surface area (Å²) in [6.07, 6.45) is 1.44. The first-order chi connectivity index (χ1) is 11.3. The van der Waals surface area contributed by atoms with Gasteiger partial charge in [0.1, 0.15) is 0 Å². The fourth-order valence-corrected chi connectivity index (χ4v) is 2.58. The van der Waals surface area contributed by atoms with Crippen LogP contribution in [-0.4, -0.2) is 5.97 Å². The Balaban J connectivity index is 2.18. The van der Waals surface area contributed by atoms with E-state index in [4.69, 9.17) is 5.26 Å². The molecule has 3 nitrogen and oxygen atoms in total. The number of hydrogen-bond acceptors (Lipinski definition) is 3. The van der Waals surface area contributed by atoms with E-state index in [0.717, 1.165) is 22.3 Å². The second-order valence-electron chi connectivity index (χ2n) is 4.94. The summed E-state index contributed by atoms with van der Waals surface area (Å²) in [4.78, 5) is 12.0. The molecule has 0 bridgehead atoms. The lowest BCUT2D eigenvalue weighted by atomic mass is 9.92. The quantitative estimate of drug-likeness (QED) is 0.522. The minimum atomic E-state index is -0.647. The summed E-state index contributed by atoms with van der Waals surface area (Å²) < 4.78 is 4.50. The zero-order valence-corrected chi connectivity index (χ0v) is 12.3. The molecule has 0 unspecified atom stereocenters. The monoisotopic (exact) mass is 299 g/mol. The average Bonchev–Trinajstić information content (AvgIpc) is 2.63. The Hall–Kier alpha value is -3.38. The number of carbonyl (C=O) groups excluding carboxylic acids is 1. The number of nitriles is 1. The van der Waals surface area contributed by atoms with Crippen LogP contribution in [0.3, 0.4) is 0 Å². The first kappa shape index (κ1) is 14.6. The van der Waals surface area contributed by atoms with Crippen molar-refractivity contribution in [2.75, 3.05) is 0 Å². The largest absolute Gasteiger partial charge is 0.354 e. The third-order valence-corrected chi connectivity index (χ3v) is 3.59. The zero-order chi connectivity index (χ0) is 16.1. The number of rotatable bonds is 3. The fraction of sp³-hybridized carbons (Fsp3) is 0. The summed E-state index contributed by atoms with van der Waals surface area (Å²) in [5, 5.41) is 8.60. The number of esters is 1. The summed E-state index contributed by atoms with van der Waals surface area (Å²) in [5.41, 5.74) is 4.12. The Morgan fingerprint density at radius 3 is 2.00 bits per heavy atom. The summed E-state index contributed by atoms with van der Waals surface area (Å²) in [6, 6.07) is 24.9. The van der Waals surface area contributed by atoms with Crippen LogP contribution in [0.5, 0.6) is 0 Å². The van der Waals surface area contributed by atoms with Crippen molar-refractivity contribution in [2.24, 2.45) is 0 Å². The topological polar surface area (TPSA) is 50.1 Å². The molecule has 0 saturated heterocycles. The van der Waals surface area contributed by atoms with Crippen LogP contribution in [0.25, 0.3) is 22.3 Å². The van der Waals surface area contributed by atoms with Crippen LogP contribution in [0.2, 0.25) is 0 Å². The van der Waals surface area contributed by atoms with Crippen LogP contribution in [0.1, 0.15) is 10.4 Å². The summed E-state index contributed by atoms with van der Waals surface area (Å²) >= 11 is 0. The number of nitrogens with zero attached hydrogens (tertiary/aromatic N) is 1. The van der Waals surface area contributed by atoms with Crippen LogP contribution in [0.4, 0.5) is 0 Å². The van der Waals surface area contributed by atoms with E-state index < -0.39 is 5.97 Å². The van der Waals surface area contributed by atoms with E-state index in [1.54, 1.807) is 12.1 Å². The van der Waals surface area contributed by atoms with Crippen molar-refractivity contribution in [2.45, 2.75) is 0 Å². The third-order valence-electron chi connectivity index (χ3n) is 3.59. The minimum absolute atomic E-state index is 0.373. The van der Waals surface area contributed by atoms with E-state index >= 15 is 0 Å². The van der Waals surface area contributed by atoms with Gasteiger partial charge in [0.2, 0.25) is 0 Å². The molecule has 3 heteroatoms. The van der Waals surface area contributed by atoms with Crippen LogP contribution >= 0.6 is 0 Å². The highest BCUT2D eigenvalue weighted by Crippen LogP contribution is 2.34. The van der Waals surface area contributed by atoms with Crippen LogP contribution < -0.4 is 0 Å². The highest BCUT2D eigenvalue weighted by molar-refractivity contribution is 6.00. The van der Waals surface area contributed by atoms with Crippen LogP contribution in [0.15, 0.2) is 78.9 Å². The molecule has 23 heavy (non-hydrogen) atoms. The molecule has 0 aliphatic rings. The molecule has 0 aliphatic heterocycles. The van der Waals surface area contributed by atoms with Gasteiger partial charge in [-0.15, -0.1) is 5.26 Å². The van der Waals surface area contributed by atoms with E-state index in [-0.39, 0.29) is 0 Å². The lowest BCUT2D eigenvalue weighted by Gasteiger charge is -2.12. The Morgan fingerprint density at radius 1 is 0.739 bits per heavy atom. The second kappa shape index (κ2) is 6.59. The van der Waals surface area contributed by atoms with Gasteiger partial charge in [-0.05, 0) is 28.3 Å². The van der Waals surface area contributed by atoms with Crippen molar-refractivity contribution in [3.63, 3.8) is 0 Å². The van der Waals surface area contributed by atoms with Gasteiger partial charge >= 0.3 is 5.97 Å². The first-order valence-electron chi connectivity index (χ1n) is 7.15. The lowest BCUT2D eigenvalue weighted by molar-refractivity contribution is 0.0686. The van der Waals surface area contributed by atoms with Gasteiger partial charge < -0.3 is 4.74 Å². The van der Waals surface area contributed by atoms with Crippen molar-refractivity contribution >= 4 is 5.97 Å². The van der Waals surface area contributed by atoms with Crippen LogP contribution in [0, 0.1) is 11.5 Å². The minimum Gasteiger partial charge on any atom is -0.347 e. The highest BCUT2D eigenvalue weighted by atomic mass is 16.5. The fourth-order valence-electron chi connectivity index (χ4n) is 2.58. The van der Waals surface area contributed by atoms with Gasteiger partial charge in [-0.1, -0.05) is 72.8 Å². The Kier molecular flexibility index (Phi) is 4.17. The summed E-state index contributed by atoms with van der Waals surface area (Å²) in [5.74, 6) is -0.647. The molecular formula is C20H13NO2. The van der Waals surface area contributed by atoms with Crippen LogP contribution in [-0.2, 0) is 4.74 Å². The second-order valence-corrected chi connectivity index (χ2v) is 4.94. The number of carbonyl (C=O) groups is 1. The molecule has 0 aromatic heterocycles. The molecule has 110 valence electrons. The Bertz CT molecular complexity index is 879. The molecule has 0 heterocycles. The van der Waals surface area contributed by atoms with E-state index in [0.29, 0.717) is 5.56 Å². The van der Waals surface area contributed by atoms with E-state index in [2.05, 4.69) is 4.74 Å². The summed E-state index contributed by atoms with van der Waals surface area (Å²) in [6.45, 7) is 0. The Morgan fingerprint density at radius 2 is 1.30 bits per heavy atom. The molecule has 0 fully saturated rings. The van der Waals surface area contributed by atoms with Crippen molar-refractivity contribution in [3.8, 4) is 28.5 Å². The predicted octanol–water partition coefficient (Wildman–Crippen LogP) is 4.66. The predicted molar refractivity (Wildman–Crippen MR) is 88.3 cm³/mol. The van der Waals surface area contributed by atoms with Crippen molar-refractivity contribution in [1.29, 1.82) is 5.26 Å². The molecule has 0 atom stereocenters. The molecule has 3 aromatic rings. The molecular weight excluding hydrogens is 286 g/mol. The average molecular weight is 299 g/mol. The van der Waals surface area contributed by atoms with E-state index in [1.165, 1.54) is 6.26 Å². The van der Waals surface area contributed by atoms with E-state index in [1.807, 2.05) is 66.7 Å². The van der Waals surface area contributed by atoms with Gasteiger partial charge in [-0.25, -0.2) is 4.79 Å². The number of ether oxygens (including phenoxy) is 1. The normalized spacial score (nSPS) is 9.87. The number of hydrogen-bond donors (Lipinski definition) is 0. The highest BCUT2D eigenvalue weighted by Gasteiger charge is 2.16. The maximum absolute atomic E-state index is 12.0. The molecule has 0 aliphatic carbocycles. The van der Waals surface area contributed by atoms with Gasteiger partial charge in [0.25, 0.3) is 6.26 Å². The van der Waals surface area contributed by atoms with Crippen molar-refractivity contribution < 1.29 is 9.53 Å². The molecule has 3 aromatic carbocycles. The first-order valence-corrected chi connectivity index (χ1v) is 7.15. The molecule has 3 rings (SSSR count). The zero-order valence-electron chi connectivity index (χ0n) is 12.3. The SMILES string of the molecule is N#COC(=O)c1ccccc1-c1ccccc1-c1ccccc1. The molecule has 0 saturated carbocycles. The lowest BCUT2D eigenvalue weighted by Crippen LogP contribution is -2.03. The number of benzene rings is 3. The summed E-state index contributed by atoms with van der Waals surface area (Å²) in [7, 11) is 0. The van der Waals surface area contributed by atoms with Gasteiger partial charge in [-0.3, -0.25) is 0 Å². The standard InChI is InChI=1S/C20H13NO2/c21-14-23-20(22)19-13-7-6-12-18(19)17-11-5-4-10-16(17)15-8-2-1-3-9-15/h1-13H. The van der Waals surface area contributed by atoms with E-state index in [9.17, 15) is 4.79 Å². The molecule has 0 amide bonds. The maximum Gasteiger partial charge on any atom is 0.354 e. The molecule has 0 radical (unpaired) electrons. The maximum atomic E-state index is 12.0. The van der Waals surface area contributed by atoms with Gasteiger partial charge in [0.05, 0.1) is 5.56 Å². The van der Waals surface area contributed by atoms with Gasteiger partial charge in [-0.2, -0.15) is 0 Å². The Labute approximate surface area is 134 Å².